The van der Waals surface area contributed by atoms with Crippen molar-refractivity contribution in [3.63, 3.8) is 0 Å². The zero-order valence-corrected chi connectivity index (χ0v) is 9.13. The van der Waals surface area contributed by atoms with E-state index in [1.54, 1.807) is 12.1 Å². The van der Waals surface area contributed by atoms with E-state index in [2.05, 4.69) is 4.90 Å². The smallest absolute Gasteiger partial charge is 0.159 e. The van der Waals surface area contributed by atoms with E-state index >= 15 is 0 Å². The van der Waals surface area contributed by atoms with E-state index in [-0.39, 0.29) is 24.1 Å². The highest BCUT2D eigenvalue weighted by Crippen LogP contribution is 2.32. The lowest BCUT2D eigenvalue weighted by Crippen LogP contribution is -2.41. The Balaban J connectivity index is 2.23. The van der Waals surface area contributed by atoms with Crippen molar-refractivity contribution in [1.29, 1.82) is 0 Å². The largest absolute Gasteiger partial charge is 0.504 e. The van der Waals surface area contributed by atoms with E-state index in [1.807, 2.05) is 0 Å². The standard InChI is InChI=1S/C12H17NO3/c14-8-10-3-1-2-6-13(10)9-4-5-11(15)12(16)7-9/h4-5,7,10,14-16H,1-3,6,8H2. The maximum Gasteiger partial charge on any atom is 0.159 e. The van der Waals surface area contributed by atoms with E-state index in [1.165, 1.54) is 6.07 Å². The molecule has 88 valence electrons. The number of aliphatic hydroxyl groups excluding tert-OH is 1. The molecule has 1 aromatic rings. The number of hydrogen-bond donors (Lipinski definition) is 3. The molecule has 3 N–H and O–H groups in total. The first kappa shape index (κ1) is 11.1. The Morgan fingerprint density at radius 1 is 1.19 bits per heavy atom. The molecule has 16 heavy (non-hydrogen) atoms. The molecule has 1 heterocycles. The van der Waals surface area contributed by atoms with Gasteiger partial charge in [-0.3, -0.25) is 0 Å². The summed E-state index contributed by atoms with van der Waals surface area (Å²) in [5.74, 6) is -0.221. The second-order valence-corrected chi connectivity index (χ2v) is 4.20. The number of hydrogen-bond acceptors (Lipinski definition) is 4. The summed E-state index contributed by atoms with van der Waals surface area (Å²) in [6.07, 6.45) is 3.20. The summed E-state index contributed by atoms with van der Waals surface area (Å²) in [6.45, 7) is 1.01. The molecule has 0 aliphatic carbocycles. The number of piperidine rings is 1. The number of aliphatic hydroxyl groups is 1. The summed E-state index contributed by atoms with van der Waals surface area (Å²) >= 11 is 0. The third-order valence-electron chi connectivity index (χ3n) is 3.13. The van der Waals surface area contributed by atoms with Crippen LogP contribution in [0.1, 0.15) is 19.3 Å². The van der Waals surface area contributed by atoms with Crippen molar-refractivity contribution in [3.05, 3.63) is 18.2 Å². The van der Waals surface area contributed by atoms with Gasteiger partial charge in [0.15, 0.2) is 11.5 Å². The number of nitrogens with zero attached hydrogens (tertiary/aromatic N) is 1. The van der Waals surface area contributed by atoms with Crippen LogP contribution in [-0.4, -0.2) is 34.5 Å². The van der Waals surface area contributed by atoms with Gasteiger partial charge in [-0.2, -0.15) is 0 Å². The zero-order chi connectivity index (χ0) is 11.5. The Morgan fingerprint density at radius 3 is 2.69 bits per heavy atom. The lowest BCUT2D eigenvalue weighted by molar-refractivity contribution is 0.240. The number of anilines is 1. The van der Waals surface area contributed by atoms with Crippen LogP contribution in [0.15, 0.2) is 18.2 Å². The SMILES string of the molecule is OCC1CCCCN1c1ccc(O)c(O)c1. The van der Waals surface area contributed by atoms with Crippen molar-refractivity contribution in [3.8, 4) is 11.5 Å². The second kappa shape index (κ2) is 4.61. The Bertz CT molecular complexity index is 367. The minimum atomic E-state index is -0.111. The average Bonchev–Trinajstić information content (AvgIpc) is 2.32. The second-order valence-electron chi connectivity index (χ2n) is 4.20. The average molecular weight is 223 g/mol. The summed E-state index contributed by atoms with van der Waals surface area (Å²) in [5, 5.41) is 28.0. The third kappa shape index (κ3) is 2.07. The van der Waals surface area contributed by atoms with Gasteiger partial charge in [-0.05, 0) is 31.4 Å². The fourth-order valence-electron chi connectivity index (χ4n) is 2.22. The summed E-state index contributed by atoms with van der Waals surface area (Å²) < 4.78 is 0. The number of phenols is 2. The van der Waals surface area contributed by atoms with Crippen LogP contribution in [0.2, 0.25) is 0 Å². The first-order chi connectivity index (χ1) is 7.72. The predicted octanol–water partition coefficient (Wildman–Crippen LogP) is 1.45. The number of aromatic hydroxyl groups is 2. The molecule has 1 fully saturated rings. The van der Waals surface area contributed by atoms with Crippen LogP contribution in [0.5, 0.6) is 11.5 Å². The quantitative estimate of drug-likeness (QED) is 0.664. The molecule has 1 saturated heterocycles. The Labute approximate surface area is 94.8 Å². The number of rotatable bonds is 2. The van der Waals surface area contributed by atoms with E-state index in [0.29, 0.717) is 0 Å². The van der Waals surface area contributed by atoms with Gasteiger partial charge in [-0.15, -0.1) is 0 Å². The summed E-state index contributed by atoms with van der Waals surface area (Å²) in [6, 6.07) is 4.91. The van der Waals surface area contributed by atoms with Gasteiger partial charge >= 0.3 is 0 Å². The third-order valence-corrected chi connectivity index (χ3v) is 3.13. The Kier molecular flexibility index (Phi) is 3.19. The monoisotopic (exact) mass is 223 g/mol. The van der Waals surface area contributed by atoms with Crippen molar-refractivity contribution in [1.82, 2.24) is 0 Å². The molecule has 0 amide bonds. The topological polar surface area (TPSA) is 63.9 Å². The van der Waals surface area contributed by atoms with Gasteiger partial charge in [0, 0.05) is 18.3 Å². The van der Waals surface area contributed by atoms with E-state index in [4.69, 9.17) is 0 Å². The highest BCUT2D eigenvalue weighted by molar-refractivity contribution is 5.56. The fourth-order valence-corrected chi connectivity index (χ4v) is 2.22. The van der Waals surface area contributed by atoms with Gasteiger partial charge in [0.05, 0.1) is 12.6 Å². The lowest BCUT2D eigenvalue weighted by Gasteiger charge is -2.36. The maximum absolute atomic E-state index is 9.45. The molecule has 4 nitrogen and oxygen atoms in total. The van der Waals surface area contributed by atoms with E-state index < -0.39 is 0 Å². The normalized spacial score (nSPS) is 21.1. The molecule has 4 heteroatoms. The molecular formula is C12H17NO3. The van der Waals surface area contributed by atoms with Crippen molar-refractivity contribution in [2.45, 2.75) is 25.3 Å². The summed E-state index contributed by atoms with van der Waals surface area (Å²) in [4.78, 5) is 2.09. The Morgan fingerprint density at radius 2 is 2.00 bits per heavy atom. The molecular weight excluding hydrogens is 206 g/mol. The molecule has 1 aromatic carbocycles. The fraction of sp³-hybridized carbons (Fsp3) is 0.500. The molecule has 1 atom stereocenters. The van der Waals surface area contributed by atoms with Gasteiger partial charge in [-0.1, -0.05) is 0 Å². The predicted molar refractivity (Wildman–Crippen MR) is 61.8 cm³/mol. The highest BCUT2D eigenvalue weighted by atomic mass is 16.3. The lowest BCUT2D eigenvalue weighted by atomic mass is 10.0. The van der Waals surface area contributed by atoms with Gasteiger partial charge in [0.1, 0.15) is 0 Å². The summed E-state index contributed by atoms with van der Waals surface area (Å²) in [5.41, 5.74) is 0.856. The molecule has 0 bridgehead atoms. The molecule has 0 spiro atoms. The van der Waals surface area contributed by atoms with Crippen LogP contribution in [0.3, 0.4) is 0 Å². The molecule has 0 saturated carbocycles. The van der Waals surface area contributed by atoms with Crippen molar-refractivity contribution < 1.29 is 15.3 Å². The molecule has 2 rings (SSSR count). The van der Waals surface area contributed by atoms with Crippen LogP contribution in [0.4, 0.5) is 5.69 Å². The maximum atomic E-state index is 9.45. The molecule has 1 aliphatic heterocycles. The minimum Gasteiger partial charge on any atom is -0.504 e. The highest BCUT2D eigenvalue weighted by Gasteiger charge is 2.22. The van der Waals surface area contributed by atoms with Crippen LogP contribution in [0, 0.1) is 0 Å². The van der Waals surface area contributed by atoms with Crippen LogP contribution in [-0.2, 0) is 0 Å². The summed E-state index contributed by atoms with van der Waals surface area (Å²) in [7, 11) is 0. The van der Waals surface area contributed by atoms with Crippen molar-refractivity contribution in [2.75, 3.05) is 18.1 Å². The van der Waals surface area contributed by atoms with Crippen LogP contribution >= 0.6 is 0 Å². The van der Waals surface area contributed by atoms with Gasteiger partial charge in [-0.25, -0.2) is 0 Å². The first-order valence-corrected chi connectivity index (χ1v) is 5.62. The molecule has 1 unspecified atom stereocenters. The zero-order valence-electron chi connectivity index (χ0n) is 9.13. The number of phenolic OH excluding ortho intramolecular Hbond substituents is 2. The minimum absolute atomic E-state index is 0.110. The van der Waals surface area contributed by atoms with Gasteiger partial charge < -0.3 is 20.2 Å². The molecule has 0 radical (unpaired) electrons. The van der Waals surface area contributed by atoms with Crippen LogP contribution in [0.25, 0.3) is 0 Å². The van der Waals surface area contributed by atoms with Crippen molar-refractivity contribution in [2.24, 2.45) is 0 Å². The van der Waals surface area contributed by atoms with Gasteiger partial charge in [0.2, 0.25) is 0 Å². The first-order valence-electron chi connectivity index (χ1n) is 5.62. The van der Waals surface area contributed by atoms with E-state index in [9.17, 15) is 15.3 Å². The van der Waals surface area contributed by atoms with Gasteiger partial charge in [0.25, 0.3) is 0 Å². The molecule has 1 aliphatic rings. The Hall–Kier alpha value is -1.42. The van der Waals surface area contributed by atoms with Crippen molar-refractivity contribution >= 4 is 5.69 Å². The van der Waals surface area contributed by atoms with E-state index in [0.717, 1.165) is 31.5 Å². The molecule has 0 aromatic heterocycles. The number of benzene rings is 1. The van der Waals surface area contributed by atoms with Crippen LogP contribution < -0.4 is 4.90 Å².